The number of hydrogen-bond acceptors (Lipinski definition) is 4. The van der Waals surface area contributed by atoms with Gasteiger partial charge >= 0.3 is 18.2 Å². The van der Waals surface area contributed by atoms with E-state index in [0.29, 0.717) is 59.4 Å². The Labute approximate surface area is 188 Å². The number of halogens is 4. The fourth-order valence-corrected chi connectivity index (χ4v) is 5.24. The van der Waals surface area contributed by atoms with Crippen LogP contribution in [0.5, 0.6) is 0 Å². The third-order valence-corrected chi connectivity index (χ3v) is 7.30. The van der Waals surface area contributed by atoms with Gasteiger partial charge in [-0.3, -0.25) is 15.1 Å². The number of likely N-dealkylation sites (N-methyl/N-ethyl adjacent to an activating group) is 1. The fraction of sp³-hybridized carbons (Fsp3) is 0.476. The molecule has 1 spiro atoms. The van der Waals surface area contributed by atoms with E-state index in [2.05, 4.69) is 15.3 Å². The number of para-hydroxylation sites is 1. The number of piperidine rings is 1. The third kappa shape index (κ3) is 3.60. The van der Waals surface area contributed by atoms with Gasteiger partial charge in [-0.05, 0) is 12.1 Å². The summed E-state index contributed by atoms with van der Waals surface area (Å²) in [6.07, 6.45) is -1.14. The number of rotatable bonds is 3. The molecular formula is C21H23ClF3N6O+. The van der Waals surface area contributed by atoms with Crippen LogP contribution in [-0.4, -0.2) is 65.8 Å². The number of fused-ring (bicyclic) bond motifs is 1. The highest BCUT2D eigenvalue weighted by Gasteiger charge is 2.70. The Bertz CT molecular complexity index is 1070. The van der Waals surface area contributed by atoms with Gasteiger partial charge in [0, 0.05) is 37.7 Å². The van der Waals surface area contributed by atoms with Crippen LogP contribution >= 0.6 is 11.6 Å². The monoisotopic (exact) mass is 467 g/mol. The number of anilines is 2. The van der Waals surface area contributed by atoms with E-state index in [0.717, 1.165) is 12.1 Å². The first-order chi connectivity index (χ1) is 15.1. The van der Waals surface area contributed by atoms with Crippen molar-refractivity contribution >= 4 is 35.1 Å². The lowest BCUT2D eigenvalue weighted by molar-refractivity contribution is -0.148. The van der Waals surface area contributed by atoms with E-state index in [4.69, 9.17) is 11.6 Å². The first-order valence-electron chi connectivity index (χ1n) is 10.4. The summed E-state index contributed by atoms with van der Waals surface area (Å²) in [5.74, 6) is 1.05. The number of benzene rings is 1. The molecule has 0 bridgehead atoms. The quantitative estimate of drug-likeness (QED) is 0.547. The molecule has 3 aliphatic rings. The van der Waals surface area contributed by atoms with E-state index in [1.54, 1.807) is 29.3 Å². The van der Waals surface area contributed by atoms with Gasteiger partial charge in [0.1, 0.15) is 12.4 Å². The number of urea groups is 1. The molecule has 1 N–H and O–H groups in total. The maximum Gasteiger partial charge on any atom is 0.401 e. The van der Waals surface area contributed by atoms with Crippen LogP contribution < -0.4 is 14.7 Å². The summed E-state index contributed by atoms with van der Waals surface area (Å²) in [6, 6.07) is 6.80. The number of aromatic nitrogens is 2. The lowest BCUT2D eigenvalue weighted by Crippen LogP contribution is -2.47. The number of alkyl halides is 3. The van der Waals surface area contributed by atoms with Crippen LogP contribution in [0, 0.1) is 0 Å². The average Bonchev–Trinajstić information content (AvgIpc) is 3.33. The van der Waals surface area contributed by atoms with Gasteiger partial charge in [-0.1, -0.05) is 23.7 Å². The number of nitrogens with zero attached hydrogens (tertiary/aromatic N) is 5. The van der Waals surface area contributed by atoms with Gasteiger partial charge in [0.2, 0.25) is 0 Å². The molecule has 0 aliphatic carbocycles. The minimum atomic E-state index is -4.18. The zero-order valence-corrected chi connectivity index (χ0v) is 18.2. The molecule has 2 fully saturated rings. The SMILES string of the molecule is C[N+]1(c2ncc3c(n2)NC(=O)N(c2ccccc2Cl)C3)CC12CCN(CC(F)(F)F)CC2. The number of nitrogens with one attached hydrogen (secondary N) is 1. The number of carbonyl (C=O) groups excluding carboxylic acids is 1. The zero-order valence-electron chi connectivity index (χ0n) is 17.5. The van der Waals surface area contributed by atoms with Gasteiger partial charge in [-0.15, -0.1) is 0 Å². The zero-order chi connectivity index (χ0) is 22.7. The second kappa shape index (κ2) is 7.29. The van der Waals surface area contributed by atoms with Crippen molar-refractivity contribution in [3.05, 3.63) is 41.0 Å². The number of amides is 2. The summed E-state index contributed by atoms with van der Waals surface area (Å²) < 4.78 is 38.6. The van der Waals surface area contributed by atoms with Gasteiger partial charge in [0.15, 0.2) is 5.54 Å². The van der Waals surface area contributed by atoms with Crippen molar-refractivity contribution in [1.82, 2.24) is 19.4 Å². The Morgan fingerprint density at radius 3 is 2.66 bits per heavy atom. The topological polar surface area (TPSA) is 61.4 Å². The van der Waals surface area contributed by atoms with Crippen LogP contribution in [0.4, 0.5) is 35.4 Å². The predicted octanol–water partition coefficient (Wildman–Crippen LogP) is 4.03. The van der Waals surface area contributed by atoms with Crippen LogP contribution in [0.15, 0.2) is 30.5 Å². The molecule has 32 heavy (non-hydrogen) atoms. The van der Waals surface area contributed by atoms with Crippen LogP contribution in [0.3, 0.4) is 0 Å². The molecular weight excluding hydrogens is 445 g/mol. The molecule has 7 nitrogen and oxygen atoms in total. The lowest BCUT2D eigenvalue weighted by atomic mass is 9.96. The van der Waals surface area contributed by atoms with Gasteiger partial charge in [-0.25, -0.2) is 9.28 Å². The number of likely N-dealkylation sites (tertiary alicyclic amines) is 1. The summed E-state index contributed by atoms with van der Waals surface area (Å²) in [5, 5.41) is 3.31. The molecule has 3 aliphatic heterocycles. The molecule has 1 unspecified atom stereocenters. The van der Waals surface area contributed by atoms with Gasteiger partial charge in [-0.2, -0.15) is 23.1 Å². The highest BCUT2D eigenvalue weighted by Crippen LogP contribution is 2.51. The molecule has 5 rings (SSSR count). The Morgan fingerprint density at radius 2 is 1.97 bits per heavy atom. The smallest absolute Gasteiger partial charge is 0.295 e. The van der Waals surface area contributed by atoms with E-state index < -0.39 is 12.7 Å². The second-order valence-corrected chi connectivity index (χ2v) is 9.38. The van der Waals surface area contributed by atoms with E-state index >= 15 is 0 Å². The number of carbonyl (C=O) groups is 1. The molecule has 1 atom stereocenters. The van der Waals surface area contributed by atoms with Gasteiger partial charge in [0.05, 0.1) is 30.8 Å². The van der Waals surface area contributed by atoms with E-state index in [1.165, 1.54) is 4.90 Å². The average molecular weight is 468 g/mol. The predicted molar refractivity (Wildman–Crippen MR) is 116 cm³/mol. The highest BCUT2D eigenvalue weighted by molar-refractivity contribution is 6.34. The van der Waals surface area contributed by atoms with Crippen molar-refractivity contribution in [2.75, 3.05) is 43.4 Å². The third-order valence-electron chi connectivity index (χ3n) is 6.98. The van der Waals surface area contributed by atoms with Crippen LogP contribution in [0.2, 0.25) is 5.02 Å². The molecule has 2 aromatic rings. The van der Waals surface area contributed by atoms with Gasteiger partial charge < -0.3 is 0 Å². The minimum absolute atomic E-state index is 0.140. The second-order valence-electron chi connectivity index (χ2n) is 8.98. The first-order valence-corrected chi connectivity index (χ1v) is 10.8. The van der Waals surface area contributed by atoms with Crippen molar-refractivity contribution in [2.24, 2.45) is 0 Å². The summed E-state index contributed by atoms with van der Waals surface area (Å²) in [5.41, 5.74) is 1.24. The normalized spacial score (nSPS) is 24.9. The lowest BCUT2D eigenvalue weighted by Gasteiger charge is -2.33. The Hall–Kier alpha value is -2.43. The van der Waals surface area contributed by atoms with Crippen molar-refractivity contribution in [1.29, 1.82) is 0 Å². The summed E-state index contributed by atoms with van der Waals surface area (Å²) in [7, 11) is 2.02. The molecule has 4 heterocycles. The van der Waals surface area contributed by atoms with Crippen LogP contribution in [-0.2, 0) is 6.54 Å². The van der Waals surface area contributed by atoms with Gasteiger partial charge in [0.25, 0.3) is 0 Å². The van der Waals surface area contributed by atoms with E-state index in [1.807, 2.05) is 13.1 Å². The molecule has 11 heteroatoms. The minimum Gasteiger partial charge on any atom is -0.295 e. The fourth-order valence-electron chi connectivity index (χ4n) is 5.00. The molecule has 2 saturated heterocycles. The van der Waals surface area contributed by atoms with E-state index in [9.17, 15) is 18.0 Å². The molecule has 0 saturated carbocycles. The van der Waals surface area contributed by atoms with Crippen LogP contribution in [0.1, 0.15) is 18.4 Å². The Balaban J connectivity index is 1.32. The molecule has 2 amide bonds. The summed E-state index contributed by atoms with van der Waals surface area (Å²) in [4.78, 5) is 25.0. The number of quaternary nitrogens is 1. The van der Waals surface area contributed by atoms with Crippen molar-refractivity contribution < 1.29 is 18.0 Å². The largest absolute Gasteiger partial charge is 0.401 e. The maximum atomic E-state index is 12.7. The molecule has 1 aromatic heterocycles. The molecule has 0 radical (unpaired) electrons. The summed E-state index contributed by atoms with van der Waals surface area (Å²) in [6.45, 7) is 1.03. The standard InChI is InChI=1S/C21H22ClF3N6O/c1-31(13-20(31)6-8-29(9-7-20)12-21(23,24)25)18-26-10-14-11-30(19(32)28-17(14)27-18)16-5-3-2-4-15(16)22/h2-5,10H,6-9,11-13H2,1H3/p+1. The first kappa shape index (κ1) is 21.4. The molecule has 1 aromatic carbocycles. The maximum absolute atomic E-state index is 12.7. The van der Waals surface area contributed by atoms with Crippen molar-refractivity contribution in [3.8, 4) is 0 Å². The Morgan fingerprint density at radius 1 is 1.25 bits per heavy atom. The summed E-state index contributed by atoms with van der Waals surface area (Å²) >= 11 is 6.25. The van der Waals surface area contributed by atoms with Crippen molar-refractivity contribution in [2.45, 2.75) is 31.1 Å². The highest BCUT2D eigenvalue weighted by atomic mass is 35.5. The van der Waals surface area contributed by atoms with E-state index in [-0.39, 0.29) is 11.6 Å². The van der Waals surface area contributed by atoms with Crippen molar-refractivity contribution in [3.63, 3.8) is 0 Å². The Kier molecular flexibility index (Phi) is 4.88. The number of hydrogen-bond donors (Lipinski definition) is 1. The molecule has 170 valence electrons. The van der Waals surface area contributed by atoms with Crippen LogP contribution in [0.25, 0.3) is 0 Å².